The maximum absolute atomic E-state index is 5.43. The van der Waals surface area contributed by atoms with Crippen LogP contribution in [0.2, 0.25) is 0 Å². The lowest BCUT2D eigenvalue weighted by molar-refractivity contribution is 0.323. The molecule has 3 aromatic rings. The van der Waals surface area contributed by atoms with Gasteiger partial charge in [-0.25, -0.2) is 4.98 Å². The van der Waals surface area contributed by atoms with Crippen LogP contribution in [0.25, 0.3) is 11.4 Å². The Labute approximate surface area is 113 Å². The fourth-order valence-corrected chi connectivity index (χ4v) is 3.11. The van der Waals surface area contributed by atoms with Gasteiger partial charge in [-0.2, -0.15) is 16.3 Å². The predicted molar refractivity (Wildman–Crippen MR) is 70.9 cm³/mol. The molecule has 0 aromatic carbocycles. The van der Waals surface area contributed by atoms with Crippen LogP contribution in [0.5, 0.6) is 0 Å². The molecule has 96 valence electrons. The van der Waals surface area contributed by atoms with Crippen molar-refractivity contribution in [2.75, 3.05) is 0 Å². The van der Waals surface area contributed by atoms with Crippen molar-refractivity contribution in [1.29, 1.82) is 0 Å². The Morgan fingerprint density at radius 2 is 2.42 bits per heavy atom. The fraction of sp³-hybridized carbons (Fsp3) is 0.308. The van der Waals surface area contributed by atoms with Crippen LogP contribution >= 0.6 is 11.3 Å². The van der Waals surface area contributed by atoms with Crippen LogP contribution < -0.4 is 0 Å². The summed E-state index contributed by atoms with van der Waals surface area (Å²) in [6, 6.07) is 2.01. The smallest absolute Gasteiger partial charge is 0.230 e. The van der Waals surface area contributed by atoms with Crippen molar-refractivity contribution in [3.05, 3.63) is 40.9 Å². The van der Waals surface area contributed by atoms with E-state index in [4.69, 9.17) is 4.52 Å². The lowest BCUT2D eigenvalue weighted by atomic mass is 9.98. The van der Waals surface area contributed by atoms with Gasteiger partial charge in [0.1, 0.15) is 5.82 Å². The summed E-state index contributed by atoms with van der Waals surface area (Å²) in [7, 11) is 0. The quantitative estimate of drug-likeness (QED) is 0.719. The molecule has 1 aliphatic rings. The van der Waals surface area contributed by atoms with Crippen molar-refractivity contribution in [3.8, 4) is 11.4 Å². The van der Waals surface area contributed by atoms with Crippen LogP contribution in [0, 0.1) is 0 Å². The second kappa shape index (κ2) is 4.31. The van der Waals surface area contributed by atoms with Crippen molar-refractivity contribution in [2.45, 2.75) is 25.3 Å². The number of hydrogen-bond acceptors (Lipinski definition) is 5. The van der Waals surface area contributed by atoms with Gasteiger partial charge in [0.2, 0.25) is 11.7 Å². The standard InChI is InChI=1S/C13H12N4OS/c1-4-17-5-3-14-11(17)7-9(1)13-15-12(16-18-13)10-2-6-19-8-10/h2-3,5-6,8-9H,1,4,7H2. The van der Waals surface area contributed by atoms with E-state index in [1.807, 2.05) is 29.2 Å². The average molecular weight is 272 g/mol. The van der Waals surface area contributed by atoms with Crippen molar-refractivity contribution >= 4 is 11.3 Å². The van der Waals surface area contributed by atoms with Crippen LogP contribution in [-0.2, 0) is 13.0 Å². The highest BCUT2D eigenvalue weighted by Crippen LogP contribution is 2.29. The van der Waals surface area contributed by atoms with Crippen molar-refractivity contribution < 1.29 is 4.52 Å². The summed E-state index contributed by atoms with van der Waals surface area (Å²) >= 11 is 1.64. The minimum atomic E-state index is 0.287. The van der Waals surface area contributed by atoms with Crippen LogP contribution in [0.1, 0.15) is 24.1 Å². The van der Waals surface area contributed by atoms with Gasteiger partial charge in [0.05, 0.1) is 0 Å². The monoisotopic (exact) mass is 272 g/mol. The third-order valence-electron chi connectivity index (χ3n) is 3.52. The minimum Gasteiger partial charge on any atom is -0.339 e. The third kappa shape index (κ3) is 1.88. The van der Waals surface area contributed by atoms with E-state index < -0.39 is 0 Å². The fourth-order valence-electron chi connectivity index (χ4n) is 2.47. The molecule has 4 rings (SSSR count). The first-order valence-electron chi connectivity index (χ1n) is 6.26. The first-order chi connectivity index (χ1) is 9.40. The SMILES string of the molecule is c1cn2c(n1)CC(c1nc(-c3ccsc3)no1)CC2. The lowest BCUT2D eigenvalue weighted by Crippen LogP contribution is -2.18. The molecule has 0 aliphatic carbocycles. The van der Waals surface area contributed by atoms with E-state index in [9.17, 15) is 0 Å². The molecule has 0 amide bonds. The predicted octanol–water partition coefficient (Wildman–Crippen LogP) is 2.72. The molecular weight excluding hydrogens is 260 g/mol. The van der Waals surface area contributed by atoms with Gasteiger partial charge in [-0.3, -0.25) is 0 Å². The summed E-state index contributed by atoms with van der Waals surface area (Å²) in [6.45, 7) is 0.968. The van der Waals surface area contributed by atoms with E-state index in [1.165, 1.54) is 0 Å². The molecule has 19 heavy (non-hydrogen) atoms. The average Bonchev–Trinajstić information content (AvgIpc) is 3.18. The summed E-state index contributed by atoms with van der Waals surface area (Å²) in [5, 5.41) is 8.12. The number of imidazole rings is 1. The van der Waals surface area contributed by atoms with E-state index in [-0.39, 0.29) is 5.92 Å². The van der Waals surface area contributed by atoms with Gasteiger partial charge in [-0.1, -0.05) is 5.16 Å². The molecule has 0 saturated heterocycles. The Morgan fingerprint density at radius 1 is 1.42 bits per heavy atom. The molecule has 0 N–H and O–H groups in total. The second-order valence-electron chi connectivity index (χ2n) is 4.69. The molecule has 0 bridgehead atoms. The van der Waals surface area contributed by atoms with E-state index in [0.29, 0.717) is 5.82 Å². The van der Waals surface area contributed by atoms with Crippen molar-refractivity contribution in [1.82, 2.24) is 19.7 Å². The summed E-state index contributed by atoms with van der Waals surface area (Å²) in [5.41, 5.74) is 1.03. The van der Waals surface area contributed by atoms with Gasteiger partial charge in [-0.05, 0) is 17.9 Å². The van der Waals surface area contributed by atoms with Crippen molar-refractivity contribution in [2.24, 2.45) is 0 Å². The molecule has 1 atom stereocenters. The normalized spacial score (nSPS) is 18.4. The topological polar surface area (TPSA) is 56.7 Å². The molecule has 5 nitrogen and oxygen atoms in total. The highest BCUT2D eigenvalue weighted by atomic mass is 32.1. The first kappa shape index (κ1) is 10.9. The van der Waals surface area contributed by atoms with Crippen LogP contribution in [0.3, 0.4) is 0 Å². The second-order valence-corrected chi connectivity index (χ2v) is 5.47. The summed E-state index contributed by atoms with van der Waals surface area (Å²) in [5.74, 6) is 2.81. The lowest BCUT2D eigenvalue weighted by Gasteiger charge is -2.19. The first-order valence-corrected chi connectivity index (χ1v) is 7.20. The van der Waals surface area contributed by atoms with Gasteiger partial charge in [0.15, 0.2) is 0 Å². The summed E-state index contributed by atoms with van der Waals surface area (Å²) < 4.78 is 7.61. The van der Waals surface area contributed by atoms with Gasteiger partial charge in [-0.15, -0.1) is 0 Å². The van der Waals surface area contributed by atoms with E-state index in [0.717, 1.165) is 36.7 Å². The number of rotatable bonds is 2. The molecule has 3 aromatic heterocycles. The Balaban J connectivity index is 1.61. The van der Waals surface area contributed by atoms with Crippen LogP contribution in [0.15, 0.2) is 33.7 Å². The number of nitrogens with zero attached hydrogens (tertiary/aromatic N) is 4. The third-order valence-corrected chi connectivity index (χ3v) is 4.20. The number of fused-ring (bicyclic) bond motifs is 1. The largest absolute Gasteiger partial charge is 0.339 e. The van der Waals surface area contributed by atoms with Gasteiger partial charge >= 0.3 is 0 Å². The number of aromatic nitrogens is 4. The van der Waals surface area contributed by atoms with Gasteiger partial charge in [0.25, 0.3) is 0 Å². The molecule has 1 aliphatic heterocycles. The molecular formula is C13H12N4OS. The molecule has 4 heterocycles. The Morgan fingerprint density at radius 3 is 3.32 bits per heavy atom. The molecule has 0 spiro atoms. The van der Waals surface area contributed by atoms with E-state index >= 15 is 0 Å². The minimum absolute atomic E-state index is 0.287. The van der Waals surface area contributed by atoms with Crippen molar-refractivity contribution in [3.63, 3.8) is 0 Å². The summed E-state index contributed by atoms with van der Waals surface area (Å²) in [4.78, 5) is 8.89. The van der Waals surface area contributed by atoms with E-state index in [2.05, 4.69) is 19.7 Å². The highest BCUT2D eigenvalue weighted by molar-refractivity contribution is 7.08. The zero-order valence-electron chi connectivity index (χ0n) is 10.2. The highest BCUT2D eigenvalue weighted by Gasteiger charge is 2.25. The number of aryl methyl sites for hydroxylation is 1. The molecule has 6 heteroatoms. The van der Waals surface area contributed by atoms with Gasteiger partial charge < -0.3 is 9.09 Å². The Hall–Kier alpha value is -1.95. The van der Waals surface area contributed by atoms with E-state index in [1.54, 1.807) is 11.3 Å². The zero-order chi connectivity index (χ0) is 12.7. The Bertz CT molecular complexity index is 685. The molecule has 1 unspecified atom stereocenters. The molecule has 0 fully saturated rings. The Kier molecular flexibility index (Phi) is 2.48. The number of thiophene rings is 1. The maximum Gasteiger partial charge on any atom is 0.230 e. The number of hydrogen-bond donors (Lipinski definition) is 0. The van der Waals surface area contributed by atoms with Crippen LogP contribution in [0.4, 0.5) is 0 Å². The van der Waals surface area contributed by atoms with Crippen LogP contribution in [-0.4, -0.2) is 19.7 Å². The zero-order valence-corrected chi connectivity index (χ0v) is 11.0. The maximum atomic E-state index is 5.43. The molecule has 0 radical (unpaired) electrons. The van der Waals surface area contributed by atoms with Gasteiger partial charge in [0, 0.05) is 42.2 Å². The summed E-state index contributed by atoms with van der Waals surface area (Å²) in [6.07, 6.45) is 5.77. The molecule has 0 saturated carbocycles.